The molecule has 0 aliphatic heterocycles. The summed E-state index contributed by atoms with van der Waals surface area (Å²) >= 11 is 0. The van der Waals surface area contributed by atoms with Crippen molar-refractivity contribution in [2.45, 2.75) is 12.6 Å². The van der Waals surface area contributed by atoms with Crippen molar-refractivity contribution in [2.24, 2.45) is 0 Å². The molecule has 0 aliphatic carbocycles. The number of nitrogens with zero attached hydrogens (tertiary/aromatic N) is 2. The van der Waals surface area contributed by atoms with Crippen LogP contribution in [0.3, 0.4) is 0 Å². The van der Waals surface area contributed by atoms with Gasteiger partial charge in [0, 0.05) is 18.4 Å². The standard InChI is InChI=1S/C20H17F3N4O/c21-20(22,23)15-7-4-8-16(13-15)26-19-25-12-10-17(27-19)18(28)24-11-9-14-5-2-1-3-6-14/h1-8,10,12-13H,9,11H2,(H,24,28)(H,25,26,27). The fraction of sp³-hybridized carbons (Fsp3) is 0.150. The van der Waals surface area contributed by atoms with E-state index < -0.39 is 11.7 Å². The number of hydrogen-bond acceptors (Lipinski definition) is 4. The Balaban J connectivity index is 1.63. The number of rotatable bonds is 6. The van der Waals surface area contributed by atoms with Crippen LogP contribution in [0.4, 0.5) is 24.8 Å². The Bertz CT molecular complexity index is 945. The highest BCUT2D eigenvalue weighted by Gasteiger charge is 2.30. The summed E-state index contributed by atoms with van der Waals surface area (Å²) in [6.07, 6.45) is -2.40. The summed E-state index contributed by atoms with van der Waals surface area (Å²) in [5.74, 6) is -0.347. The fourth-order valence-corrected chi connectivity index (χ4v) is 2.50. The number of carbonyl (C=O) groups is 1. The van der Waals surface area contributed by atoms with E-state index in [0.717, 1.165) is 17.7 Å². The monoisotopic (exact) mass is 386 g/mol. The molecule has 0 spiro atoms. The fourth-order valence-electron chi connectivity index (χ4n) is 2.50. The number of amides is 1. The average molecular weight is 386 g/mol. The Morgan fingerprint density at radius 3 is 2.54 bits per heavy atom. The van der Waals surface area contributed by atoms with Crippen LogP contribution < -0.4 is 10.6 Å². The van der Waals surface area contributed by atoms with Crippen molar-refractivity contribution < 1.29 is 18.0 Å². The molecule has 8 heteroatoms. The predicted octanol–water partition coefficient (Wildman–Crippen LogP) is 4.21. The van der Waals surface area contributed by atoms with Gasteiger partial charge in [-0.15, -0.1) is 0 Å². The van der Waals surface area contributed by atoms with Gasteiger partial charge in [0.25, 0.3) is 5.91 Å². The Kier molecular flexibility index (Phi) is 5.88. The lowest BCUT2D eigenvalue weighted by Gasteiger charge is -2.10. The number of anilines is 2. The van der Waals surface area contributed by atoms with Gasteiger partial charge in [0.05, 0.1) is 5.56 Å². The summed E-state index contributed by atoms with van der Waals surface area (Å²) in [7, 11) is 0. The zero-order chi connectivity index (χ0) is 20.0. The second-order valence-electron chi connectivity index (χ2n) is 5.96. The molecule has 0 fully saturated rings. The minimum Gasteiger partial charge on any atom is -0.350 e. The van der Waals surface area contributed by atoms with Gasteiger partial charge >= 0.3 is 6.18 Å². The normalized spacial score (nSPS) is 11.1. The zero-order valence-electron chi connectivity index (χ0n) is 14.7. The van der Waals surface area contributed by atoms with E-state index in [1.54, 1.807) is 0 Å². The number of hydrogen-bond donors (Lipinski definition) is 2. The predicted molar refractivity (Wildman–Crippen MR) is 99.2 cm³/mol. The largest absolute Gasteiger partial charge is 0.416 e. The molecule has 0 aliphatic rings. The van der Waals surface area contributed by atoms with Gasteiger partial charge in [-0.05, 0) is 36.2 Å². The number of halogens is 3. The number of aromatic nitrogens is 2. The van der Waals surface area contributed by atoms with E-state index in [2.05, 4.69) is 20.6 Å². The lowest BCUT2D eigenvalue weighted by molar-refractivity contribution is -0.137. The van der Waals surface area contributed by atoms with Gasteiger partial charge in [0.1, 0.15) is 5.69 Å². The van der Waals surface area contributed by atoms with Crippen LogP contribution in [0.15, 0.2) is 66.9 Å². The maximum atomic E-state index is 12.8. The molecule has 1 aromatic heterocycles. The third-order valence-electron chi connectivity index (χ3n) is 3.88. The van der Waals surface area contributed by atoms with Gasteiger partial charge < -0.3 is 10.6 Å². The SMILES string of the molecule is O=C(NCCc1ccccc1)c1ccnc(Nc2cccc(C(F)(F)F)c2)n1. The van der Waals surface area contributed by atoms with Crippen LogP contribution in [0.25, 0.3) is 0 Å². The molecule has 3 aromatic rings. The van der Waals surface area contributed by atoms with Gasteiger partial charge in [-0.25, -0.2) is 9.97 Å². The number of carbonyl (C=O) groups excluding carboxylic acids is 1. The molecule has 144 valence electrons. The molecular formula is C20H17F3N4O. The summed E-state index contributed by atoms with van der Waals surface area (Å²) in [6.45, 7) is 0.434. The molecule has 1 amide bonds. The van der Waals surface area contributed by atoms with Crippen molar-refractivity contribution >= 4 is 17.5 Å². The van der Waals surface area contributed by atoms with E-state index in [1.165, 1.54) is 24.4 Å². The summed E-state index contributed by atoms with van der Waals surface area (Å²) in [6, 6.07) is 15.8. The van der Waals surface area contributed by atoms with Crippen LogP contribution in [0.5, 0.6) is 0 Å². The van der Waals surface area contributed by atoms with Crippen molar-refractivity contribution in [1.82, 2.24) is 15.3 Å². The van der Waals surface area contributed by atoms with E-state index >= 15 is 0 Å². The summed E-state index contributed by atoms with van der Waals surface area (Å²) in [4.78, 5) is 20.3. The molecule has 0 radical (unpaired) electrons. The van der Waals surface area contributed by atoms with E-state index in [1.807, 2.05) is 30.3 Å². The Labute approximate surface area is 159 Å². The molecule has 0 bridgehead atoms. The third-order valence-corrected chi connectivity index (χ3v) is 3.88. The second-order valence-corrected chi connectivity index (χ2v) is 5.96. The Morgan fingerprint density at radius 1 is 1.00 bits per heavy atom. The number of nitrogens with one attached hydrogen (secondary N) is 2. The topological polar surface area (TPSA) is 66.9 Å². The molecule has 28 heavy (non-hydrogen) atoms. The minimum absolute atomic E-state index is 0.0371. The zero-order valence-corrected chi connectivity index (χ0v) is 14.7. The first-order valence-corrected chi connectivity index (χ1v) is 8.51. The molecule has 1 heterocycles. The highest BCUT2D eigenvalue weighted by molar-refractivity contribution is 5.92. The van der Waals surface area contributed by atoms with E-state index in [-0.39, 0.29) is 23.2 Å². The third kappa shape index (κ3) is 5.29. The molecule has 0 unspecified atom stereocenters. The van der Waals surface area contributed by atoms with Gasteiger partial charge in [-0.3, -0.25) is 4.79 Å². The quantitative estimate of drug-likeness (QED) is 0.666. The van der Waals surface area contributed by atoms with Gasteiger partial charge in [-0.2, -0.15) is 13.2 Å². The van der Waals surface area contributed by atoms with E-state index in [0.29, 0.717) is 13.0 Å². The molecule has 5 nitrogen and oxygen atoms in total. The lowest BCUT2D eigenvalue weighted by Crippen LogP contribution is -2.26. The Hall–Kier alpha value is -3.42. The maximum Gasteiger partial charge on any atom is 0.416 e. The van der Waals surface area contributed by atoms with Crippen LogP contribution in [-0.2, 0) is 12.6 Å². The van der Waals surface area contributed by atoms with Crippen LogP contribution in [0.2, 0.25) is 0 Å². The van der Waals surface area contributed by atoms with E-state index in [4.69, 9.17) is 0 Å². The number of benzene rings is 2. The molecule has 2 aromatic carbocycles. The molecule has 0 saturated carbocycles. The first-order chi connectivity index (χ1) is 13.4. The van der Waals surface area contributed by atoms with Gasteiger partial charge in [0.2, 0.25) is 5.95 Å². The highest BCUT2D eigenvalue weighted by atomic mass is 19.4. The molecular weight excluding hydrogens is 369 g/mol. The van der Waals surface area contributed by atoms with Crippen molar-refractivity contribution in [3.05, 3.63) is 83.7 Å². The first-order valence-electron chi connectivity index (χ1n) is 8.51. The first kappa shape index (κ1) is 19.3. The summed E-state index contributed by atoms with van der Waals surface area (Å²) < 4.78 is 38.4. The van der Waals surface area contributed by atoms with Crippen LogP contribution in [-0.4, -0.2) is 22.4 Å². The van der Waals surface area contributed by atoms with E-state index in [9.17, 15) is 18.0 Å². The van der Waals surface area contributed by atoms with Crippen molar-refractivity contribution in [3.8, 4) is 0 Å². The molecule has 0 atom stereocenters. The van der Waals surface area contributed by atoms with Crippen molar-refractivity contribution in [1.29, 1.82) is 0 Å². The average Bonchev–Trinajstić information content (AvgIpc) is 2.68. The second kappa shape index (κ2) is 8.51. The summed E-state index contributed by atoms with van der Waals surface area (Å²) in [5.41, 5.74) is 0.610. The van der Waals surface area contributed by atoms with Crippen LogP contribution in [0.1, 0.15) is 21.6 Å². The highest BCUT2D eigenvalue weighted by Crippen LogP contribution is 2.31. The molecule has 0 saturated heterocycles. The number of alkyl halides is 3. The molecule has 3 rings (SSSR count). The van der Waals surface area contributed by atoms with Crippen LogP contribution in [0, 0.1) is 0 Å². The minimum atomic E-state index is -4.45. The Morgan fingerprint density at radius 2 is 1.79 bits per heavy atom. The van der Waals surface area contributed by atoms with Crippen molar-refractivity contribution in [3.63, 3.8) is 0 Å². The lowest BCUT2D eigenvalue weighted by atomic mass is 10.1. The molecule has 2 N–H and O–H groups in total. The van der Waals surface area contributed by atoms with Crippen molar-refractivity contribution in [2.75, 3.05) is 11.9 Å². The summed E-state index contributed by atoms with van der Waals surface area (Å²) in [5, 5.41) is 5.45. The maximum absolute atomic E-state index is 12.8. The van der Waals surface area contributed by atoms with Crippen LogP contribution >= 0.6 is 0 Å². The van der Waals surface area contributed by atoms with Gasteiger partial charge in [-0.1, -0.05) is 36.4 Å². The van der Waals surface area contributed by atoms with Gasteiger partial charge in [0.15, 0.2) is 0 Å². The smallest absolute Gasteiger partial charge is 0.350 e.